The van der Waals surface area contributed by atoms with Gasteiger partial charge in [0.1, 0.15) is 0 Å². The Labute approximate surface area is 115 Å². The van der Waals surface area contributed by atoms with E-state index in [1.54, 1.807) is 0 Å². The van der Waals surface area contributed by atoms with E-state index < -0.39 is 0 Å². The maximum absolute atomic E-state index is 12.2. The molecule has 2 rings (SSSR count). The van der Waals surface area contributed by atoms with Gasteiger partial charge in [-0.3, -0.25) is 9.59 Å². The van der Waals surface area contributed by atoms with Crippen molar-refractivity contribution in [2.45, 2.75) is 39.0 Å². The van der Waals surface area contributed by atoms with Crippen molar-refractivity contribution in [1.29, 1.82) is 0 Å². The van der Waals surface area contributed by atoms with Crippen LogP contribution in [0.15, 0.2) is 0 Å². The highest BCUT2D eigenvalue weighted by Crippen LogP contribution is 2.25. The van der Waals surface area contributed by atoms with Gasteiger partial charge in [-0.2, -0.15) is 0 Å². The van der Waals surface area contributed by atoms with Gasteiger partial charge in [0.25, 0.3) is 0 Å². The lowest BCUT2D eigenvalue weighted by Crippen LogP contribution is -2.51. The summed E-state index contributed by atoms with van der Waals surface area (Å²) in [7, 11) is 0. The first-order chi connectivity index (χ1) is 9.12. The highest BCUT2D eigenvalue weighted by atomic mass is 16.2. The van der Waals surface area contributed by atoms with Crippen molar-refractivity contribution >= 4 is 11.8 Å². The Hall–Kier alpha value is -1.10. The van der Waals surface area contributed by atoms with Crippen LogP contribution in [0.5, 0.6) is 0 Å². The zero-order chi connectivity index (χ0) is 13.7. The van der Waals surface area contributed by atoms with Crippen LogP contribution in [0.4, 0.5) is 0 Å². The molecule has 2 amide bonds. The first kappa shape index (κ1) is 14.3. The van der Waals surface area contributed by atoms with Crippen LogP contribution < -0.4 is 10.6 Å². The van der Waals surface area contributed by atoms with Gasteiger partial charge in [0.15, 0.2) is 0 Å². The van der Waals surface area contributed by atoms with Crippen LogP contribution in [0, 0.1) is 5.41 Å². The summed E-state index contributed by atoms with van der Waals surface area (Å²) in [5.41, 5.74) is -0.361. The number of nitrogens with one attached hydrogen (secondary N) is 2. The third kappa shape index (κ3) is 3.69. The zero-order valence-electron chi connectivity index (χ0n) is 11.8. The third-order valence-electron chi connectivity index (χ3n) is 4.25. The molecule has 0 aromatic rings. The number of hydrogen-bond donors (Lipinski definition) is 2. The highest BCUT2D eigenvalue weighted by Gasteiger charge is 2.34. The molecule has 0 spiro atoms. The fraction of sp³-hybridized carbons (Fsp3) is 0.857. The molecule has 2 N–H and O–H groups in total. The van der Waals surface area contributed by atoms with E-state index in [4.69, 9.17) is 0 Å². The quantitative estimate of drug-likeness (QED) is 0.783. The van der Waals surface area contributed by atoms with Gasteiger partial charge in [0, 0.05) is 19.6 Å². The number of amides is 2. The average Bonchev–Trinajstić information content (AvgIpc) is 2.46. The van der Waals surface area contributed by atoms with E-state index in [1.165, 1.54) is 6.42 Å². The second kappa shape index (κ2) is 6.37. The van der Waals surface area contributed by atoms with Crippen LogP contribution >= 0.6 is 0 Å². The number of rotatable bonds is 3. The van der Waals surface area contributed by atoms with Crippen molar-refractivity contribution in [3.8, 4) is 0 Å². The highest BCUT2D eigenvalue weighted by molar-refractivity contribution is 5.88. The number of hydrogen-bond acceptors (Lipinski definition) is 3. The Balaban J connectivity index is 1.77. The minimum Gasteiger partial charge on any atom is -0.347 e. The minimum atomic E-state index is -0.361. The maximum atomic E-state index is 12.2. The van der Waals surface area contributed by atoms with Gasteiger partial charge in [-0.15, -0.1) is 0 Å². The smallest absolute Gasteiger partial charge is 0.241 e. The van der Waals surface area contributed by atoms with E-state index in [0.29, 0.717) is 6.54 Å². The molecule has 0 radical (unpaired) electrons. The standard InChI is InChI=1S/C14H25N3O2/c1-14(6-5-7-15-11-14)13(19)16-10-12(18)17-8-3-2-4-9-17/h15H,2-11H2,1H3,(H,16,19). The molecule has 2 fully saturated rings. The molecule has 2 aliphatic rings. The number of carbonyl (C=O) groups is 2. The van der Waals surface area contributed by atoms with Crippen LogP contribution in [-0.4, -0.2) is 49.4 Å². The van der Waals surface area contributed by atoms with Gasteiger partial charge < -0.3 is 15.5 Å². The molecular weight excluding hydrogens is 242 g/mol. The summed E-state index contributed by atoms with van der Waals surface area (Å²) in [5.74, 6) is 0.0606. The van der Waals surface area contributed by atoms with Crippen LogP contribution in [0.25, 0.3) is 0 Å². The van der Waals surface area contributed by atoms with Gasteiger partial charge in [0.05, 0.1) is 12.0 Å². The molecule has 0 bridgehead atoms. The van der Waals surface area contributed by atoms with Crippen molar-refractivity contribution in [3.63, 3.8) is 0 Å². The fourth-order valence-electron chi connectivity index (χ4n) is 2.87. The number of carbonyl (C=O) groups excluding carboxylic acids is 2. The summed E-state index contributed by atoms with van der Waals surface area (Å²) >= 11 is 0. The molecule has 19 heavy (non-hydrogen) atoms. The van der Waals surface area contributed by atoms with Crippen molar-refractivity contribution in [3.05, 3.63) is 0 Å². The van der Waals surface area contributed by atoms with Crippen LogP contribution in [0.3, 0.4) is 0 Å². The maximum Gasteiger partial charge on any atom is 0.241 e. The van der Waals surface area contributed by atoms with Gasteiger partial charge in [-0.05, 0) is 45.6 Å². The molecule has 5 heteroatoms. The normalized spacial score (nSPS) is 27.9. The molecule has 2 aliphatic heterocycles. The van der Waals surface area contributed by atoms with Gasteiger partial charge in [-0.25, -0.2) is 0 Å². The lowest BCUT2D eigenvalue weighted by molar-refractivity contribution is -0.137. The topological polar surface area (TPSA) is 61.4 Å². The number of nitrogens with zero attached hydrogens (tertiary/aromatic N) is 1. The van der Waals surface area contributed by atoms with Crippen LogP contribution in [0.1, 0.15) is 39.0 Å². The van der Waals surface area contributed by atoms with Crippen molar-refractivity contribution in [2.75, 3.05) is 32.7 Å². The van der Waals surface area contributed by atoms with Gasteiger partial charge >= 0.3 is 0 Å². The zero-order valence-corrected chi connectivity index (χ0v) is 11.8. The van der Waals surface area contributed by atoms with E-state index in [1.807, 2.05) is 11.8 Å². The molecule has 0 aromatic heterocycles. The lowest BCUT2D eigenvalue weighted by Gasteiger charge is -2.33. The summed E-state index contributed by atoms with van der Waals surface area (Å²) in [4.78, 5) is 26.0. The summed E-state index contributed by atoms with van der Waals surface area (Å²) in [6.45, 7) is 5.49. The van der Waals surface area contributed by atoms with E-state index in [-0.39, 0.29) is 23.8 Å². The second-order valence-corrected chi connectivity index (χ2v) is 5.97. The largest absolute Gasteiger partial charge is 0.347 e. The molecule has 0 aromatic carbocycles. The molecular formula is C14H25N3O2. The van der Waals surface area contributed by atoms with E-state index >= 15 is 0 Å². The summed E-state index contributed by atoms with van der Waals surface area (Å²) in [6, 6.07) is 0. The monoisotopic (exact) mass is 267 g/mol. The Kier molecular flexibility index (Phi) is 4.80. The Morgan fingerprint density at radius 1 is 1.21 bits per heavy atom. The predicted molar refractivity (Wildman–Crippen MR) is 73.7 cm³/mol. The number of piperidine rings is 2. The van der Waals surface area contributed by atoms with Crippen LogP contribution in [0.2, 0.25) is 0 Å². The lowest BCUT2D eigenvalue weighted by atomic mass is 9.82. The minimum absolute atomic E-state index is 0.00468. The second-order valence-electron chi connectivity index (χ2n) is 5.97. The van der Waals surface area contributed by atoms with E-state index in [2.05, 4.69) is 10.6 Å². The SMILES string of the molecule is CC1(C(=O)NCC(=O)N2CCCCC2)CCCNC1. The van der Waals surface area contributed by atoms with Gasteiger partial charge in [0.2, 0.25) is 11.8 Å². The summed E-state index contributed by atoms with van der Waals surface area (Å²) in [6.07, 6.45) is 5.29. The van der Waals surface area contributed by atoms with Crippen molar-refractivity contribution in [2.24, 2.45) is 5.41 Å². The third-order valence-corrected chi connectivity index (χ3v) is 4.25. The Bertz CT molecular complexity index is 332. The molecule has 0 aliphatic carbocycles. The van der Waals surface area contributed by atoms with Gasteiger partial charge in [-0.1, -0.05) is 0 Å². The molecule has 1 atom stereocenters. The fourth-order valence-corrected chi connectivity index (χ4v) is 2.87. The summed E-state index contributed by atoms with van der Waals surface area (Å²) < 4.78 is 0. The average molecular weight is 267 g/mol. The molecule has 0 saturated carbocycles. The van der Waals surface area contributed by atoms with Crippen LogP contribution in [-0.2, 0) is 9.59 Å². The molecule has 2 saturated heterocycles. The van der Waals surface area contributed by atoms with Crippen molar-refractivity contribution in [1.82, 2.24) is 15.5 Å². The van der Waals surface area contributed by atoms with E-state index in [9.17, 15) is 9.59 Å². The molecule has 108 valence electrons. The molecule has 5 nitrogen and oxygen atoms in total. The predicted octanol–water partition coefficient (Wildman–Crippen LogP) is 0.505. The Morgan fingerprint density at radius 3 is 2.58 bits per heavy atom. The Morgan fingerprint density at radius 2 is 1.95 bits per heavy atom. The molecule has 2 heterocycles. The first-order valence-electron chi connectivity index (χ1n) is 7.39. The molecule has 1 unspecified atom stereocenters. The first-order valence-corrected chi connectivity index (χ1v) is 7.39. The van der Waals surface area contributed by atoms with Crippen molar-refractivity contribution < 1.29 is 9.59 Å². The number of likely N-dealkylation sites (tertiary alicyclic amines) is 1. The van der Waals surface area contributed by atoms with E-state index in [0.717, 1.165) is 45.3 Å². The summed E-state index contributed by atoms with van der Waals surface area (Å²) in [5, 5.41) is 6.07.